The van der Waals surface area contributed by atoms with Crippen LogP contribution in [0.3, 0.4) is 0 Å². The quantitative estimate of drug-likeness (QED) is 0.155. The summed E-state index contributed by atoms with van der Waals surface area (Å²) in [6, 6.07) is 53.5. The van der Waals surface area contributed by atoms with Gasteiger partial charge in [-0.3, -0.25) is 0 Å². The molecule has 252 valence electrons. The summed E-state index contributed by atoms with van der Waals surface area (Å²) < 4.78 is 5.57. The predicted molar refractivity (Wildman–Crippen MR) is 217 cm³/mol. The molecule has 0 N–H and O–H groups in total. The number of nitrogens with zero attached hydrogens (tertiary/aromatic N) is 4. The van der Waals surface area contributed by atoms with Gasteiger partial charge in [0, 0.05) is 22.1 Å². The van der Waals surface area contributed by atoms with Crippen LogP contribution in [0, 0.1) is 22.7 Å². The largest absolute Gasteiger partial charge is 0.464 e. The van der Waals surface area contributed by atoms with Gasteiger partial charge >= 0.3 is 0 Å². The molecule has 0 aliphatic heterocycles. The Morgan fingerprint density at radius 2 is 0.981 bits per heavy atom. The van der Waals surface area contributed by atoms with Crippen molar-refractivity contribution in [2.45, 2.75) is 19.6 Å². The third-order valence-electron chi connectivity index (χ3n) is 9.56. The number of benzene rings is 6. The number of nitriles is 2. The summed E-state index contributed by atoms with van der Waals surface area (Å²) in [5.41, 5.74) is 12.1. The molecule has 0 fully saturated rings. The molecular weight excluding hydrogens is 665 g/mol. The molecular formula is C47H34N4OSi. The molecule has 2 aromatic heterocycles. The third-order valence-corrected chi connectivity index (χ3v) is 11.6. The second kappa shape index (κ2) is 13.7. The van der Waals surface area contributed by atoms with Crippen LogP contribution in [0.15, 0.2) is 156 Å². The van der Waals surface area contributed by atoms with E-state index in [1.165, 1.54) is 5.19 Å². The molecule has 0 aliphatic rings. The lowest BCUT2D eigenvalue weighted by molar-refractivity contribution is 0.616. The van der Waals surface area contributed by atoms with Crippen LogP contribution in [-0.4, -0.2) is 18.0 Å². The summed E-state index contributed by atoms with van der Waals surface area (Å²) in [6.07, 6.45) is 1.70. The van der Waals surface area contributed by atoms with E-state index in [2.05, 4.69) is 98.5 Å². The van der Waals surface area contributed by atoms with Crippen molar-refractivity contribution in [3.8, 4) is 79.4 Å². The Morgan fingerprint density at radius 1 is 0.472 bits per heavy atom. The van der Waals surface area contributed by atoms with Crippen molar-refractivity contribution in [3.05, 3.63) is 163 Å². The molecule has 0 unspecified atom stereocenters. The monoisotopic (exact) mass is 698 g/mol. The minimum absolute atomic E-state index is 0.549. The molecule has 6 aromatic carbocycles. The molecule has 0 radical (unpaired) electrons. The van der Waals surface area contributed by atoms with Gasteiger partial charge in [0.05, 0.1) is 49.0 Å². The molecule has 0 bridgehead atoms. The van der Waals surface area contributed by atoms with E-state index >= 15 is 0 Å². The lowest BCUT2D eigenvalue weighted by Crippen LogP contribution is -2.37. The Morgan fingerprint density at radius 3 is 1.55 bits per heavy atom. The molecule has 53 heavy (non-hydrogen) atoms. The topological polar surface area (TPSA) is 86.5 Å². The van der Waals surface area contributed by atoms with Crippen LogP contribution in [0.25, 0.3) is 78.3 Å². The van der Waals surface area contributed by atoms with Crippen molar-refractivity contribution in [1.82, 2.24) is 9.97 Å². The Hall–Kier alpha value is -6.86. The maximum Gasteiger partial charge on any atom is 0.160 e. The summed E-state index contributed by atoms with van der Waals surface area (Å²) in [6.45, 7) is 7.01. The van der Waals surface area contributed by atoms with Gasteiger partial charge in [-0.15, -0.1) is 0 Å². The van der Waals surface area contributed by atoms with Crippen LogP contribution < -0.4 is 5.19 Å². The Bertz CT molecular complexity index is 2710. The van der Waals surface area contributed by atoms with Crippen molar-refractivity contribution < 1.29 is 4.42 Å². The van der Waals surface area contributed by atoms with Gasteiger partial charge in [0.2, 0.25) is 0 Å². The van der Waals surface area contributed by atoms with Gasteiger partial charge in [0.25, 0.3) is 0 Å². The average Bonchev–Trinajstić information content (AvgIpc) is 3.69. The van der Waals surface area contributed by atoms with E-state index in [0.717, 1.165) is 72.4 Å². The molecule has 8 rings (SSSR count). The zero-order valence-corrected chi connectivity index (χ0v) is 30.6. The molecule has 0 saturated carbocycles. The van der Waals surface area contributed by atoms with Crippen LogP contribution in [0.2, 0.25) is 19.6 Å². The predicted octanol–water partition coefficient (Wildman–Crippen LogP) is 11.5. The van der Waals surface area contributed by atoms with E-state index in [1.54, 1.807) is 6.26 Å². The van der Waals surface area contributed by atoms with Gasteiger partial charge in [-0.25, -0.2) is 9.97 Å². The van der Waals surface area contributed by atoms with Gasteiger partial charge < -0.3 is 4.42 Å². The summed E-state index contributed by atoms with van der Waals surface area (Å²) in [5, 5.41) is 22.4. The summed E-state index contributed by atoms with van der Waals surface area (Å²) >= 11 is 0. The first-order chi connectivity index (χ1) is 25.7. The van der Waals surface area contributed by atoms with Crippen LogP contribution in [0.4, 0.5) is 0 Å². The maximum atomic E-state index is 10.1. The molecule has 2 heterocycles. The number of furan rings is 1. The van der Waals surface area contributed by atoms with Crippen molar-refractivity contribution in [1.29, 1.82) is 10.5 Å². The SMILES string of the molecule is C[Si](C)(C)c1ccc(-c2cc(C#N)cc(-c3cc(C#N)cc(-c4ccc(-c5cc(-c6ccc7occc7c6)nc(-c6ccccc6)n5)cc4)c3)c2)cc1. The Kier molecular flexibility index (Phi) is 8.60. The fourth-order valence-electron chi connectivity index (χ4n) is 6.63. The van der Waals surface area contributed by atoms with Gasteiger partial charge in [0.1, 0.15) is 5.58 Å². The van der Waals surface area contributed by atoms with E-state index in [4.69, 9.17) is 14.4 Å². The van der Waals surface area contributed by atoms with Gasteiger partial charge in [-0.2, -0.15) is 10.5 Å². The zero-order valence-electron chi connectivity index (χ0n) is 29.6. The van der Waals surface area contributed by atoms with Crippen molar-refractivity contribution in [3.63, 3.8) is 0 Å². The van der Waals surface area contributed by atoms with E-state index in [9.17, 15) is 10.5 Å². The summed E-state index contributed by atoms with van der Waals surface area (Å²) in [5.74, 6) is 0.645. The van der Waals surface area contributed by atoms with Crippen LogP contribution in [-0.2, 0) is 0 Å². The fraction of sp³-hybridized carbons (Fsp3) is 0.0638. The number of rotatable bonds is 7. The minimum atomic E-state index is -1.44. The van der Waals surface area contributed by atoms with Crippen LogP contribution in [0.1, 0.15) is 11.1 Å². The second-order valence-electron chi connectivity index (χ2n) is 14.2. The number of hydrogen-bond donors (Lipinski definition) is 0. The van der Waals surface area contributed by atoms with E-state index in [1.807, 2.05) is 78.9 Å². The minimum Gasteiger partial charge on any atom is -0.464 e. The first-order valence-corrected chi connectivity index (χ1v) is 21.0. The lowest BCUT2D eigenvalue weighted by atomic mass is 9.92. The summed E-state index contributed by atoms with van der Waals surface area (Å²) in [7, 11) is -1.44. The molecule has 0 amide bonds. The highest BCUT2D eigenvalue weighted by Crippen LogP contribution is 2.34. The second-order valence-corrected chi connectivity index (χ2v) is 19.3. The fourth-order valence-corrected chi connectivity index (χ4v) is 7.80. The standard InChI is InChI=1S/C47H34N4OSi/c1-53(2,3)43-16-13-34(14-17-43)40-22-32(30-49)24-42(27-40)41-23-31(29-48)21-39(26-41)33-9-11-35(12-10-33)44-28-45(37-15-18-46-38(25-37)19-20-52-46)51-47(50-44)36-7-5-4-6-8-36/h4-28H,1-3H3. The van der Waals surface area contributed by atoms with E-state index in [-0.39, 0.29) is 0 Å². The van der Waals surface area contributed by atoms with Gasteiger partial charge in [-0.1, -0.05) is 104 Å². The Labute approximate surface area is 310 Å². The van der Waals surface area contributed by atoms with Crippen molar-refractivity contribution >= 4 is 24.2 Å². The zero-order chi connectivity index (χ0) is 36.5. The molecule has 0 saturated heterocycles. The first-order valence-electron chi connectivity index (χ1n) is 17.5. The van der Waals surface area contributed by atoms with Crippen molar-refractivity contribution in [2.24, 2.45) is 0 Å². The molecule has 6 heteroatoms. The van der Waals surface area contributed by atoms with Crippen molar-refractivity contribution in [2.75, 3.05) is 0 Å². The summed E-state index contributed by atoms with van der Waals surface area (Å²) in [4.78, 5) is 9.98. The first kappa shape index (κ1) is 33.3. The third kappa shape index (κ3) is 6.92. The highest BCUT2D eigenvalue weighted by atomic mass is 28.3. The molecule has 0 spiro atoms. The smallest absolute Gasteiger partial charge is 0.160 e. The highest BCUT2D eigenvalue weighted by molar-refractivity contribution is 6.88. The molecule has 0 atom stereocenters. The normalized spacial score (nSPS) is 11.3. The molecule has 0 aliphatic carbocycles. The van der Waals surface area contributed by atoms with E-state index < -0.39 is 8.07 Å². The van der Waals surface area contributed by atoms with Gasteiger partial charge in [0.15, 0.2) is 5.82 Å². The number of hydrogen-bond acceptors (Lipinski definition) is 5. The van der Waals surface area contributed by atoms with E-state index in [0.29, 0.717) is 17.0 Å². The molecule has 5 nitrogen and oxygen atoms in total. The number of aromatic nitrogens is 2. The lowest BCUT2D eigenvalue weighted by Gasteiger charge is -2.17. The average molecular weight is 699 g/mol. The Balaban J connectivity index is 1.16. The van der Waals surface area contributed by atoms with Crippen LogP contribution in [0.5, 0.6) is 0 Å². The van der Waals surface area contributed by atoms with Gasteiger partial charge in [-0.05, 0) is 100 Å². The van der Waals surface area contributed by atoms with Crippen LogP contribution >= 0.6 is 0 Å². The number of fused-ring (bicyclic) bond motifs is 1. The maximum absolute atomic E-state index is 10.1. The highest BCUT2D eigenvalue weighted by Gasteiger charge is 2.17. The molecule has 8 aromatic rings.